The van der Waals surface area contributed by atoms with Crippen molar-refractivity contribution in [2.24, 2.45) is 5.92 Å². The third-order valence-corrected chi connectivity index (χ3v) is 8.27. The number of rotatable bonds is 8. The van der Waals surface area contributed by atoms with Gasteiger partial charge in [0.15, 0.2) is 0 Å². The molecular formula is C24H33N3O6S. The van der Waals surface area contributed by atoms with E-state index in [4.69, 9.17) is 9.47 Å². The van der Waals surface area contributed by atoms with E-state index in [1.807, 2.05) is 6.92 Å². The second-order valence-electron chi connectivity index (χ2n) is 8.23. The van der Waals surface area contributed by atoms with Crippen LogP contribution < -0.4 is 10.1 Å². The fraction of sp³-hybridized carbons (Fsp3) is 0.500. The normalized spacial score (nSPS) is 16.8. The molecule has 186 valence electrons. The fourth-order valence-corrected chi connectivity index (χ4v) is 6.55. The first-order valence-electron chi connectivity index (χ1n) is 11.5. The van der Waals surface area contributed by atoms with Crippen molar-refractivity contribution in [3.8, 4) is 5.75 Å². The number of esters is 1. The Bertz CT molecular complexity index is 1170. The zero-order chi connectivity index (χ0) is 25.0. The Hall–Kier alpha value is -2.85. The predicted octanol–water partition coefficient (Wildman–Crippen LogP) is 3.35. The van der Waals surface area contributed by atoms with Crippen LogP contribution >= 0.6 is 0 Å². The van der Waals surface area contributed by atoms with Gasteiger partial charge in [-0.3, -0.25) is 4.79 Å². The van der Waals surface area contributed by atoms with Crippen molar-refractivity contribution in [1.29, 1.82) is 0 Å². The first-order chi connectivity index (χ1) is 16.2. The van der Waals surface area contributed by atoms with Crippen LogP contribution in [-0.2, 0) is 26.1 Å². The highest BCUT2D eigenvalue weighted by Crippen LogP contribution is 2.33. The molecule has 0 bridgehead atoms. The maximum absolute atomic E-state index is 13.8. The molecule has 0 spiro atoms. The number of hydrogen-bond acceptors (Lipinski definition) is 6. The van der Waals surface area contributed by atoms with Crippen molar-refractivity contribution in [2.75, 3.05) is 32.1 Å². The summed E-state index contributed by atoms with van der Waals surface area (Å²) in [7, 11) is -2.52. The lowest BCUT2D eigenvalue weighted by Gasteiger charge is -2.31. The molecule has 1 atom stereocenters. The third kappa shape index (κ3) is 4.83. The van der Waals surface area contributed by atoms with E-state index in [1.54, 1.807) is 49.6 Å². The molecule has 1 aromatic carbocycles. The number of ether oxygens (including phenoxy) is 2. The predicted molar refractivity (Wildman–Crippen MR) is 129 cm³/mol. The highest BCUT2D eigenvalue weighted by atomic mass is 32.2. The average molecular weight is 492 g/mol. The van der Waals surface area contributed by atoms with Crippen LogP contribution in [-0.4, -0.2) is 56.0 Å². The molecule has 3 rings (SSSR count). The molecule has 1 amide bonds. The minimum atomic E-state index is -4.04. The van der Waals surface area contributed by atoms with Gasteiger partial charge in [-0.15, -0.1) is 0 Å². The number of benzene rings is 1. The van der Waals surface area contributed by atoms with Crippen LogP contribution in [0.15, 0.2) is 29.2 Å². The number of nitrogens with zero attached hydrogens (tertiary/aromatic N) is 2. The van der Waals surface area contributed by atoms with E-state index in [2.05, 4.69) is 5.32 Å². The Morgan fingerprint density at radius 1 is 1.15 bits per heavy atom. The van der Waals surface area contributed by atoms with Gasteiger partial charge in [-0.05, 0) is 52.7 Å². The van der Waals surface area contributed by atoms with Gasteiger partial charge in [0.2, 0.25) is 15.9 Å². The first-order valence-corrected chi connectivity index (χ1v) is 12.9. The van der Waals surface area contributed by atoms with Crippen LogP contribution in [0.2, 0.25) is 0 Å². The number of anilines is 1. The van der Waals surface area contributed by atoms with Crippen molar-refractivity contribution in [2.45, 2.75) is 52.0 Å². The molecule has 9 nitrogen and oxygen atoms in total. The standard InChI is InChI=1S/C24H33N3O6S/c1-6-27-16(3)21(24(29)33-7-2)22(17(27)4)34(30,31)26-14-10-11-18(15-26)23(28)25-19-12-8-9-13-20(19)32-5/h8-9,12-13,18H,6-7,10-11,14-15H2,1-5H3,(H,25,28)/t18-/m1/s1. The van der Waals surface area contributed by atoms with Gasteiger partial charge < -0.3 is 19.4 Å². The van der Waals surface area contributed by atoms with E-state index in [0.717, 1.165) is 0 Å². The Kier molecular flexibility index (Phi) is 8.04. The summed E-state index contributed by atoms with van der Waals surface area (Å²) in [5.74, 6) is -0.929. The van der Waals surface area contributed by atoms with Gasteiger partial charge >= 0.3 is 5.97 Å². The zero-order valence-corrected chi connectivity index (χ0v) is 21.2. The average Bonchev–Trinajstić information content (AvgIpc) is 3.09. The number of amides is 1. The Morgan fingerprint density at radius 3 is 2.50 bits per heavy atom. The van der Waals surface area contributed by atoms with E-state index in [1.165, 1.54) is 11.4 Å². The number of aromatic nitrogens is 1. The molecule has 0 radical (unpaired) electrons. The van der Waals surface area contributed by atoms with Crippen molar-refractivity contribution in [3.63, 3.8) is 0 Å². The van der Waals surface area contributed by atoms with Crippen molar-refractivity contribution < 1.29 is 27.5 Å². The summed E-state index contributed by atoms with van der Waals surface area (Å²) in [6, 6.07) is 7.07. The molecule has 1 fully saturated rings. The van der Waals surface area contributed by atoms with Crippen LogP contribution in [0.4, 0.5) is 5.69 Å². The quantitative estimate of drug-likeness (QED) is 0.568. The summed E-state index contributed by atoms with van der Waals surface area (Å²) in [4.78, 5) is 25.7. The molecule has 1 N–H and O–H groups in total. The van der Waals surface area contributed by atoms with E-state index >= 15 is 0 Å². The Labute approximate surface area is 201 Å². The van der Waals surface area contributed by atoms with E-state index in [0.29, 0.717) is 42.2 Å². The maximum atomic E-state index is 13.8. The summed E-state index contributed by atoms with van der Waals surface area (Å²) in [6.45, 7) is 7.96. The van der Waals surface area contributed by atoms with Crippen LogP contribution in [0.3, 0.4) is 0 Å². The van der Waals surface area contributed by atoms with Gasteiger partial charge in [0.25, 0.3) is 0 Å². The number of hydrogen-bond donors (Lipinski definition) is 1. The molecular weight excluding hydrogens is 458 g/mol. The van der Waals surface area contributed by atoms with Gasteiger partial charge in [-0.2, -0.15) is 4.31 Å². The molecule has 0 saturated carbocycles. The lowest BCUT2D eigenvalue weighted by molar-refractivity contribution is -0.120. The lowest BCUT2D eigenvalue weighted by Crippen LogP contribution is -2.44. The molecule has 0 aliphatic carbocycles. The summed E-state index contributed by atoms with van der Waals surface area (Å²) in [5.41, 5.74) is 1.65. The Balaban J connectivity index is 1.91. The van der Waals surface area contributed by atoms with Gasteiger partial charge in [0.05, 0.1) is 25.3 Å². The number of carbonyl (C=O) groups is 2. The number of sulfonamides is 1. The molecule has 2 heterocycles. The van der Waals surface area contributed by atoms with Crippen LogP contribution in [0.25, 0.3) is 0 Å². The number of methoxy groups -OCH3 is 1. The van der Waals surface area contributed by atoms with Crippen LogP contribution in [0.1, 0.15) is 48.4 Å². The molecule has 2 aromatic rings. The van der Waals surface area contributed by atoms with Crippen LogP contribution in [0, 0.1) is 19.8 Å². The second kappa shape index (κ2) is 10.6. The largest absolute Gasteiger partial charge is 0.495 e. The topological polar surface area (TPSA) is 107 Å². The summed E-state index contributed by atoms with van der Waals surface area (Å²) < 4.78 is 41.2. The first kappa shape index (κ1) is 25.8. The van der Waals surface area contributed by atoms with Crippen molar-refractivity contribution in [1.82, 2.24) is 8.87 Å². The van der Waals surface area contributed by atoms with Crippen molar-refractivity contribution >= 4 is 27.6 Å². The fourth-order valence-electron chi connectivity index (χ4n) is 4.57. The number of nitrogens with one attached hydrogen (secondary N) is 1. The Morgan fingerprint density at radius 2 is 1.85 bits per heavy atom. The SMILES string of the molecule is CCOC(=O)c1c(S(=O)(=O)N2CCC[C@@H](C(=O)Nc3ccccc3OC)C2)c(C)n(CC)c1C. The second-order valence-corrected chi connectivity index (χ2v) is 10.1. The molecule has 1 aromatic heterocycles. The van der Waals surface area contributed by atoms with Crippen molar-refractivity contribution in [3.05, 3.63) is 41.2 Å². The van der Waals surface area contributed by atoms with Crippen LogP contribution in [0.5, 0.6) is 5.75 Å². The van der Waals surface area contributed by atoms with Gasteiger partial charge in [-0.25, -0.2) is 13.2 Å². The molecule has 10 heteroatoms. The highest BCUT2D eigenvalue weighted by Gasteiger charge is 2.39. The molecule has 34 heavy (non-hydrogen) atoms. The zero-order valence-electron chi connectivity index (χ0n) is 20.4. The third-order valence-electron chi connectivity index (χ3n) is 6.24. The van der Waals surface area contributed by atoms with Gasteiger partial charge in [-0.1, -0.05) is 12.1 Å². The minimum Gasteiger partial charge on any atom is -0.495 e. The lowest BCUT2D eigenvalue weighted by atomic mass is 9.98. The molecule has 1 saturated heterocycles. The van der Waals surface area contributed by atoms with E-state index in [-0.39, 0.29) is 36.1 Å². The van der Waals surface area contributed by atoms with Gasteiger partial charge in [0, 0.05) is 31.0 Å². The smallest absolute Gasteiger partial charge is 0.341 e. The summed E-state index contributed by atoms with van der Waals surface area (Å²) in [6.07, 6.45) is 1.09. The van der Waals surface area contributed by atoms with E-state index in [9.17, 15) is 18.0 Å². The summed E-state index contributed by atoms with van der Waals surface area (Å²) in [5, 5.41) is 2.86. The van der Waals surface area contributed by atoms with Gasteiger partial charge in [0.1, 0.15) is 16.2 Å². The highest BCUT2D eigenvalue weighted by molar-refractivity contribution is 7.89. The molecule has 0 unspecified atom stereocenters. The monoisotopic (exact) mass is 491 g/mol. The number of para-hydroxylation sites is 2. The molecule has 1 aliphatic heterocycles. The van der Waals surface area contributed by atoms with E-state index < -0.39 is 21.9 Å². The summed E-state index contributed by atoms with van der Waals surface area (Å²) >= 11 is 0. The molecule has 1 aliphatic rings. The minimum absolute atomic E-state index is 0.0291. The number of piperidine rings is 1. The number of carbonyl (C=O) groups excluding carboxylic acids is 2. The maximum Gasteiger partial charge on any atom is 0.341 e.